The summed E-state index contributed by atoms with van der Waals surface area (Å²) in [5.74, 6) is 1.76. The molecule has 0 N–H and O–H groups in total. The number of hydrogen-bond acceptors (Lipinski definition) is 4. The van der Waals surface area contributed by atoms with Gasteiger partial charge in [0.15, 0.2) is 17.5 Å². The number of benzene rings is 10. The maximum Gasteiger partial charge on any atom is 0.167 e. The molecule has 59 heavy (non-hydrogen) atoms. The minimum absolute atomic E-state index is 0.561. The van der Waals surface area contributed by atoms with Gasteiger partial charge in [-0.15, -0.1) is 0 Å². The van der Waals surface area contributed by atoms with Gasteiger partial charge in [0.05, 0.1) is 5.56 Å². The summed E-state index contributed by atoms with van der Waals surface area (Å²) in [7, 11) is 0. The van der Waals surface area contributed by atoms with E-state index < -0.39 is 0 Å². The smallest absolute Gasteiger partial charge is 0.167 e. The Kier molecular flexibility index (Phi) is 6.69. The second kappa shape index (κ2) is 12.3. The maximum absolute atomic E-state index is 6.55. The Morgan fingerprint density at radius 2 is 0.780 bits per heavy atom. The lowest BCUT2D eigenvalue weighted by Crippen LogP contribution is -2.00. The van der Waals surface area contributed by atoms with E-state index in [9.17, 15) is 0 Å². The van der Waals surface area contributed by atoms with Gasteiger partial charge in [0.1, 0.15) is 11.2 Å². The lowest BCUT2D eigenvalue weighted by Gasteiger charge is -2.17. The summed E-state index contributed by atoms with van der Waals surface area (Å²) in [6.45, 7) is 0. The number of para-hydroxylation sites is 2. The fourth-order valence-electron chi connectivity index (χ4n) is 9.53. The molecule has 2 aromatic heterocycles. The Labute approximate surface area is 338 Å². The number of aromatic nitrogens is 3. The van der Waals surface area contributed by atoms with Gasteiger partial charge in [-0.1, -0.05) is 164 Å². The highest BCUT2D eigenvalue weighted by Gasteiger charge is 2.20. The predicted molar refractivity (Wildman–Crippen MR) is 245 cm³/mol. The van der Waals surface area contributed by atoms with Gasteiger partial charge in [0, 0.05) is 21.9 Å². The number of furan rings is 1. The Bertz CT molecular complexity index is 3820. The van der Waals surface area contributed by atoms with Gasteiger partial charge in [-0.25, -0.2) is 15.0 Å². The van der Waals surface area contributed by atoms with E-state index in [1.54, 1.807) is 0 Å². The summed E-state index contributed by atoms with van der Waals surface area (Å²) in [6, 6.07) is 67.0. The van der Waals surface area contributed by atoms with Crippen molar-refractivity contribution in [2.24, 2.45) is 0 Å². The van der Waals surface area contributed by atoms with Crippen molar-refractivity contribution in [2.45, 2.75) is 0 Å². The van der Waals surface area contributed by atoms with Crippen LogP contribution in [0.5, 0.6) is 0 Å². The summed E-state index contributed by atoms with van der Waals surface area (Å²) >= 11 is 0. The summed E-state index contributed by atoms with van der Waals surface area (Å²) in [4.78, 5) is 15.8. The van der Waals surface area contributed by atoms with Crippen LogP contribution in [-0.2, 0) is 0 Å². The maximum atomic E-state index is 6.55. The van der Waals surface area contributed by atoms with Crippen molar-refractivity contribution in [3.63, 3.8) is 0 Å². The van der Waals surface area contributed by atoms with Crippen molar-refractivity contribution < 1.29 is 4.42 Å². The van der Waals surface area contributed by atoms with Gasteiger partial charge < -0.3 is 4.42 Å². The van der Waals surface area contributed by atoms with Crippen LogP contribution < -0.4 is 0 Å². The zero-order valence-corrected chi connectivity index (χ0v) is 31.6. The zero-order valence-electron chi connectivity index (χ0n) is 31.6. The second-order valence-electron chi connectivity index (χ2n) is 15.5. The first kappa shape index (κ1) is 32.2. The molecule has 13 aromatic rings. The molecule has 13 rings (SSSR count). The van der Waals surface area contributed by atoms with E-state index in [1.807, 2.05) is 24.3 Å². The van der Waals surface area contributed by atoms with Crippen LogP contribution in [0.2, 0.25) is 0 Å². The molecule has 0 radical (unpaired) electrons. The van der Waals surface area contributed by atoms with Crippen LogP contribution in [0.3, 0.4) is 0 Å². The van der Waals surface area contributed by atoms with Gasteiger partial charge >= 0.3 is 0 Å². The monoisotopic (exact) mass is 749 g/mol. The first-order valence-electron chi connectivity index (χ1n) is 20.0. The molecule has 0 aliphatic heterocycles. The van der Waals surface area contributed by atoms with Gasteiger partial charge in [-0.2, -0.15) is 0 Å². The largest absolute Gasteiger partial charge is 0.455 e. The van der Waals surface area contributed by atoms with Crippen LogP contribution in [0.4, 0.5) is 0 Å². The van der Waals surface area contributed by atoms with Crippen LogP contribution in [0, 0.1) is 0 Å². The molecule has 0 fully saturated rings. The number of hydrogen-bond donors (Lipinski definition) is 0. The van der Waals surface area contributed by atoms with Crippen LogP contribution >= 0.6 is 0 Å². The lowest BCUT2D eigenvalue weighted by atomic mass is 9.87. The molecule has 0 atom stereocenters. The standard InChI is InChI=1S/C55H31N3O/c1-2-10-32(11-3-1)33-22-27-37(28-23-33)53-56-54(58-55(57-53)45-20-9-19-44-40-15-4-5-21-47(40)59-52(44)45)39-30-38-29-26-36-13-7-17-42-41-16-6-12-34-24-25-35-14-8-18-43(50(35)48(34)41)46(31-39)51(38)49(36)42/h1-31H. The van der Waals surface area contributed by atoms with Crippen LogP contribution in [0.25, 0.3) is 132 Å². The minimum atomic E-state index is 0.561. The first-order valence-corrected chi connectivity index (χ1v) is 20.0. The molecule has 0 saturated carbocycles. The van der Waals surface area contributed by atoms with Gasteiger partial charge in [-0.3, -0.25) is 0 Å². The third-order valence-corrected chi connectivity index (χ3v) is 12.2. The molecule has 272 valence electrons. The fourth-order valence-corrected chi connectivity index (χ4v) is 9.53. The second-order valence-corrected chi connectivity index (χ2v) is 15.5. The van der Waals surface area contributed by atoms with E-state index >= 15 is 0 Å². The molecular formula is C55H31N3O. The third-order valence-electron chi connectivity index (χ3n) is 12.2. The third kappa shape index (κ3) is 4.81. The quantitative estimate of drug-likeness (QED) is 0.168. The molecule has 0 spiro atoms. The molecule has 0 saturated heterocycles. The summed E-state index contributed by atoms with van der Waals surface area (Å²) in [5.41, 5.74) is 6.54. The summed E-state index contributed by atoms with van der Waals surface area (Å²) in [6.07, 6.45) is 0. The molecule has 0 aliphatic carbocycles. The molecule has 2 heterocycles. The highest BCUT2D eigenvalue weighted by atomic mass is 16.3. The zero-order chi connectivity index (χ0) is 38.6. The molecule has 0 bridgehead atoms. The van der Waals surface area contributed by atoms with Crippen LogP contribution in [0.1, 0.15) is 0 Å². The van der Waals surface area contributed by atoms with Gasteiger partial charge in [0.2, 0.25) is 0 Å². The van der Waals surface area contributed by atoms with Crippen molar-refractivity contribution in [3.8, 4) is 45.3 Å². The van der Waals surface area contributed by atoms with E-state index in [-0.39, 0.29) is 0 Å². The van der Waals surface area contributed by atoms with Crippen molar-refractivity contribution in [1.29, 1.82) is 0 Å². The Morgan fingerprint density at radius 1 is 0.288 bits per heavy atom. The summed E-state index contributed by atoms with van der Waals surface area (Å²) < 4.78 is 6.55. The Balaban J connectivity index is 1.13. The summed E-state index contributed by atoms with van der Waals surface area (Å²) in [5, 5.41) is 16.8. The highest BCUT2D eigenvalue weighted by molar-refractivity contribution is 6.37. The molecule has 11 aromatic carbocycles. The average molecular weight is 750 g/mol. The molecule has 0 aliphatic rings. The lowest BCUT2D eigenvalue weighted by molar-refractivity contribution is 0.669. The molecule has 4 heteroatoms. The highest BCUT2D eigenvalue weighted by Crippen LogP contribution is 2.45. The van der Waals surface area contributed by atoms with E-state index in [4.69, 9.17) is 19.4 Å². The molecular weight excluding hydrogens is 719 g/mol. The van der Waals surface area contributed by atoms with Crippen molar-refractivity contribution in [2.75, 3.05) is 0 Å². The Hall–Kier alpha value is -7.95. The van der Waals surface area contributed by atoms with E-state index in [0.29, 0.717) is 17.5 Å². The molecule has 0 unspecified atom stereocenters. The topological polar surface area (TPSA) is 51.8 Å². The molecule has 4 nitrogen and oxygen atoms in total. The van der Waals surface area contributed by atoms with Gasteiger partial charge in [-0.05, 0) is 100 Å². The van der Waals surface area contributed by atoms with Crippen LogP contribution in [0.15, 0.2) is 192 Å². The first-order chi connectivity index (χ1) is 29.2. The van der Waals surface area contributed by atoms with Gasteiger partial charge in [0.25, 0.3) is 0 Å². The van der Waals surface area contributed by atoms with E-state index in [0.717, 1.165) is 55.1 Å². The average Bonchev–Trinajstić information content (AvgIpc) is 3.69. The molecule has 0 amide bonds. The number of fused-ring (bicyclic) bond motifs is 5. The number of rotatable bonds is 4. The predicted octanol–water partition coefficient (Wildman–Crippen LogP) is 14.8. The van der Waals surface area contributed by atoms with Crippen molar-refractivity contribution in [3.05, 3.63) is 188 Å². The SMILES string of the molecule is c1ccc(-c2ccc(-c3nc(-c4cc5ccc6cccc7c8cccc9ccc%10cccc(c(c4)c5c67)c%10c98)nc(-c4cccc5c4oc4ccccc45)n3)cc2)cc1. The number of nitrogens with zero attached hydrogens (tertiary/aromatic N) is 3. The van der Waals surface area contributed by atoms with E-state index in [1.165, 1.54) is 59.2 Å². The van der Waals surface area contributed by atoms with E-state index in [2.05, 4.69) is 164 Å². The van der Waals surface area contributed by atoms with Crippen LogP contribution in [-0.4, -0.2) is 15.0 Å². The Morgan fingerprint density at radius 3 is 1.47 bits per heavy atom. The van der Waals surface area contributed by atoms with Crippen molar-refractivity contribution in [1.82, 2.24) is 15.0 Å². The minimum Gasteiger partial charge on any atom is -0.455 e. The van der Waals surface area contributed by atoms with Crippen molar-refractivity contribution >= 4 is 86.6 Å². The fraction of sp³-hybridized carbons (Fsp3) is 0. The normalized spacial score (nSPS) is 12.1.